The molecule has 1 fully saturated rings. The standard InChI is InChI=1S/C13H19NO3.ClH/c1-16-10-5-9(6-11(7-10)17-2)12(14)13(15)8-3-4-8;/h5-8,12-13,15H,3-4,14H2,1-2H3;1H/t12-,13+;/m0./s1. The van der Waals surface area contributed by atoms with Crippen LogP contribution in [0, 0.1) is 5.92 Å². The van der Waals surface area contributed by atoms with Crippen molar-refractivity contribution in [3.8, 4) is 11.5 Å². The Hall–Kier alpha value is -0.970. The van der Waals surface area contributed by atoms with Gasteiger partial charge in [0.1, 0.15) is 11.5 Å². The molecule has 0 amide bonds. The molecule has 1 saturated carbocycles. The molecule has 102 valence electrons. The molecule has 1 aliphatic carbocycles. The van der Waals surface area contributed by atoms with Crippen LogP contribution in [-0.4, -0.2) is 25.4 Å². The smallest absolute Gasteiger partial charge is 0.122 e. The van der Waals surface area contributed by atoms with Gasteiger partial charge in [0.25, 0.3) is 0 Å². The Bertz CT molecular complexity index is 374. The van der Waals surface area contributed by atoms with E-state index in [1.807, 2.05) is 12.1 Å². The quantitative estimate of drug-likeness (QED) is 0.860. The lowest BCUT2D eigenvalue weighted by atomic mass is 9.98. The minimum absolute atomic E-state index is 0. The minimum atomic E-state index is -0.480. The van der Waals surface area contributed by atoms with Gasteiger partial charge in [-0.1, -0.05) is 0 Å². The number of methoxy groups -OCH3 is 2. The third kappa shape index (κ3) is 3.28. The van der Waals surface area contributed by atoms with Crippen LogP contribution in [-0.2, 0) is 0 Å². The number of benzene rings is 1. The number of nitrogens with two attached hydrogens (primary N) is 1. The lowest BCUT2D eigenvalue weighted by Crippen LogP contribution is -2.27. The van der Waals surface area contributed by atoms with Gasteiger partial charge in [0.15, 0.2) is 0 Å². The van der Waals surface area contributed by atoms with E-state index in [0.717, 1.165) is 18.4 Å². The van der Waals surface area contributed by atoms with Crippen LogP contribution >= 0.6 is 12.4 Å². The maximum atomic E-state index is 10.0. The summed E-state index contributed by atoms with van der Waals surface area (Å²) >= 11 is 0. The molecule has 0 heterocycles. The summed E-state index contributed by atoms with van der Waals surface area (Å²) in [6.07, 6.45) is 1.65. The molecule has 2 atom stereocenters. The maximum absolute atomic E-state index is 10.0. The minimum Gasteiger partial charge on any atom is -0.497 e. The Morgan fingerprint density at radius 1 is 1.17 bits per heavy atom. The number of halogens is 1. The Labute approximate surface area is 113 Å². The van der Waals surface area contributed by atoms with Gasteiger partial charge in [-0.3, -0.25) is 0 Å². The van der Waals surface area contributed by atoms with Crippen molar-refractivity contribution in [3.63, 3.8) is 0 Å². The molecule has 2 rings (SSSR count). The molecule has 0 saturated heterocycles. The van der Waals surface area contributed by atoms with Gasteiger partial charge < -0.3 is 20.3 Å². The van der Waals surface area contributed by atoms with Crippen LogP contribution in [0.5, 0.6) is 11.5 Å². The molecular weight excluding hydrogens is 254 g/mol. The average molecular weight is 274 g/mol. The van der Waals surface area contributed by atoms with Crippen molar-refractivity contribution in [2.45, 2.75) is 25.0 Å². The van der Waals surface area contributed by atoms with Crippen molar-refractivity contribution in [1.29, 1.82) is 0 Å². The molecule has 0 aliphatic heterocycles. The molecule has 4 nitrogen and oxygen atoms in total. The van der Waals surface area contributed by atoms with Gasteiger partial charge in [-0.2, -0.15) is 0 Å². The molecule has 1 aromatic rings. The van der Waals surface area contributed by atoms with Crippen LogP contribution in [0.4, 0.5) is 0 Å². The zero-order valence-corrected chi connectivity index (χ0v) is 11.4. The van der Waals surface area contributed by atoms with Gasteiger partial charge in [-0.25, -0.2) is 0 Å². The van der Waals surface area contributed by atoms with Crippen LogP contribution in [0.25, 0.3) is 0 Å². The van der Waals surface area contributed by atoms with Crippen LogP contribution in [0.2, 0.25) is 0 Å². The van der Waals surface area contributed by atoms with Crippen molar-refractivity contribution in [2.75, 3.05) is 14.2 Å². The fraction of sp³-hybridized carbons (Fsp3) is 0.538. The molecular formula is C13H20ClNO3. The first-order chi connectivity index (χ1) is 8.15. The van der Waals surface area contributed by atoms with Crippen molar-refractivity contribution in [2.24, 2.45) is 11.7 Å². The van der Waals surface area contributed by atoms with Gasteiger partial charge in [-0.05, 0) is 36.5 Å². The molecule has 1 aliphatic rings. The van der Waals surface area contributed by atoms with Gasteiger partial charge in [0.2, 0.25) is 0 Å². The van der Waals surface area contributed by atoms with E-state index in [9.17, 15) is 5.11 Å². The Kier molecular flexibility index (Phi) is 5.26. The summed E-state index contributed by atoms with van der Waals surface area (Å²) in [6.45, 7) is 0. The molecule has 18 heavy (non-hydrogen) atoms. The van der Waals surface area contributed by atoms with E-state index in [1.54, 1.807) is 20.3 Å². The summed E-state index contributed by atoms with van der Waals surface area (Å²) in [5, 5.41) is 10.0. The summed E-state index contributed by atoms with van der Waals surface area (Å²) < 4.78 is 10.4. The van der Waals surface area contributed by atoms with Gasteiger partial charge in [-0.15, -0.1) is 12.4 Å². The molecule has 0 bridgehead atoms. The molecule has 1 aromatic carbocycles. The van der Waals surface area contributed by atoms with Crippen molar-refractivity contribution in [1.82, 2.24) is 0 Å². The van der Waals surface area contributed by atoms with Crippen molar-refractivity contribution < 1.29 is 14.6 Å². The zero-order chi connectivity index (χ0) is 12.4. The zero-order valence-electron chi connectivity index (χ0n) is 10.6. The molecule has 0 unspecified atom stereocenters. The Morgan fingerprint density at radius 3 is 2.06 bits per heavy atom. The van der Waals surface area contributed by atoms with Crippen LogP contribution in [0.3, 0.4) is 0 Å². The number of hydrogen-bond acceptors (Lipinski definition) is 4. The molecule has 0 aromatic heterocycles. The van der Waals surface area contributed by atoms with E-state index >= 15 is 0 Å². The second-order valence-corrected chi connectivity index (χ2v) is 4.50. The largest absolute Gasteiger partial charge is 0.497 e. The lowest BCUT2D eigenvalue weighted by Gasteiger charge is -2.20. The number of aliphatic hydroxyl groups excluding tert-OH is 1. The summed E-state index contributed by atoms with van der Waals surface area (Å²) in [6, 6.07) is 5.10. The lowest BCUT2D eigenvalue weighted by molar-refractivity contribution is 0.122. The van der Waals surface area contributed by atoms with Gasteiger partial charge >= 0.3 is 0 Å². The Balaban J connectivity index is 0.00000162. The topological polar surface area (TPSA) is 64.7 Å². The molecule has 5 heteroatoms. The second-order valence-electron chi connectivity index (χ2n) is 4.50. The van der Waals surface area contributed by atoms with E-state index in [4.69, 9.17) is 15.2 Å². The van der Waals surface area contributed by atoms with Crippen LogP contribution in [0.15, 0.2) is 18.2 Å². The highest BCUT2D eigenvalue weighted by Gasteiger charge is 2.34. The highest BCUT2D eigenvalue weighted by atomic mass is 35.5. The van der Waals surface area contributed by atoms with E-state index in [2.05, 4.69) is 0 Å². The summed E-state index contributed by atoms with van der Waals surface area (Å²) in [4.78, 5) is 0. The number of rotatable bonds is 5. The normalized spacial score (nSPS) is 17.6. The first-order valence-corrected chi connectivity index (χ1v) is 5.82. The fourth-order valence-corrected chi connectivity index (χ4v) is 1.95. The summed E-state index contributed by atoms with van der Waals surface area (Å²) in [7, 11) is 3.20. The second kappa shape index (κ2) is 6.27. The SMILES string of the molecule is COc1cc(OC)cc([C@H](N)[C@H](O)C2CC2)c1.Cl. The Morgan fingerprint density at radius 2 is 1.67 bits per heavy atom. The summed E-state index contributed by atoms with van der Waals surface area (Å²) in [5.41, 5.74) is 6.91. The van der Waals surface area contributed by atoms with E-state index in [0.29, 0.717) is 17.4 Å². The first kappa shape index (κ1) is 15.1. The number of hydrogen-bond donors (Lipinski definition) is 2. The van der Waals surface area contributed by atoms with Crippen LogP contribution < -0.4 is 15.2 Å². The monoisotopic (exact) mass is 273 g/mol. The number of ether oxygens (including phenoxy) is 2. The highest BCUT2D eigenvalue weighted by molar-refractivity contribution is 5.85. The fourth-order valence-electron chi connectivity index (χ4n) is 1.95. The van der Waals surface area contributed by atoms with Crippen molar-refractivity contribution >= 4 is 12.4 Å². The van der Waals surface area contributed by atoms with Crippen LogP contribution in [0.1, 0.15) is 24.4 Å². The van der Waals surface area contributed by atoms with Gasteiger partial charge in [0.05, 0.1) is 26.4 Å². The molecule has 0 spiro atoms. The maximum Gasteiger partial charge on any atom is 0.122 e. The molecule has 3 N–H and O–H groups in total. The third-order valence-corrected chi connectivity index (χ3v) is 3.23. The van der Waals surface area contributed by atoms with E-state index < -0.39 is 6.10 Å². The van der Waals surface area contributed by atoms with E-state index in [1.165, 1.54) is 0 Å². The highest BCUT2D eigenvalue weighted by Crippen LogP contribution is 2.38. The van der Waals surface area contributed by atoms with E-state index in [-0.39, 0.29) is 18.4 Å². The average Bonchev–Trinajstić information content (AvgIpc) is 3.20. The third-order valence-electron chi connectivity index (χ3n) is 3.23. The predicted octanol–water partition coefficient (Wildman–Crippen LogP) is 1.90. The first-order valence-electron chi connectivity index (χ1n) is 5.82. The predicted molar refractivity (Wildman–Crippen MR) is 72.5 cm³/mol. The summed E-state index contributed by atoms with van der Waals surface area (Å²) in [5.74, 6) is 1.73. The van der Waals surface area contributed by atoms with Crippen molar-refractivity contribution in [3.05, 3.63) is 23.8 Å². The number of aliphatic hydroxyl groups is 1. The van der Waals surface area contributed by atoms with Gasteiger partial charge in [0, 0.05) is 6.07 Å². The molecule has 0 radical (unpaired) electrons.